The van der Waals surface area contributed by atoms with Gasteiger partial charge in [-0.2, -0.15) is 4.68 Å². The zero-order chi connectivity index (χ0) is 17.2. The van der Waals surface area contributed by atoms with E-state index in [0.29, 0.717) is 12.3 Å². The van der Waals surface area contributed by atoms with Crippen LogP contribution in [0, 0.1) is 5.82 Å². The van der Waals surface area contributed by atoms with E-state index in [9.17, 15) is 9.18 Å². The first-order valence-electron chi connectivity index (χ1n) is 7.71. The number of nitrogens with one attached hydrogen (secondary N) is 1. The molecule has 3 heterocycles. The molecule has 0 fully saturated rings. The van der Waals surface area contributed by atoms with Crippen LogP contribution in [-0.4, -0.2) is 32.7 Å². The zero-order valence-corrected chi connectivity index (χ0v) is 13.9. The molecular weight excluding hydrogens is 345 g/mol. The SMILES string of the molecule is O=C(CC1OCCc2ccsc21)Nc1ccc(-n2cnnn2)c(F)c1. The van der Waals surface area contributed by atoms with Crippen molar-refractivity contribution in [2.75, 3.05) is 11.9 Å². The first-order valence-corrected chi connectivity index (χ1v) is 8.59. The Morgan fingerprint density at radius 1 is 1.44 bits per heavy atom. The molecule has 1 aromatic carbocycles. The van der Waals surface area contributed by atoms with Gasteiger partial charge >= 0.3 is 0 Å². The minimum absolute atomic E-state index is 0.198. The number of hydrogen-bond donors (Lipinski definition) is 1. The molecule has 0 aliphatic carbocycles. The number of nitrogens with zero attached hydrogens (tertiary/aromatic N) is 4. The lowest BCUT2D eigenvalue weighted by Crippen LogP contribution is -2.21. The van der Waals surface area contributed by atoms with E-state index in [1.165, 1.54) is 28.7 Å². The molecule has 1 atom stereocenters. The van der Waals surface area contributed by atoms with Gasteiger partial charge < -0.3 is 10.1 Å². The highest BCUT2D eigenvalue weighted by Crippen LogP contribution is 2.34. The Kier molecular flexibility index (Phi) is 4.24. The van der Waals surface area contributed by atoms with Crippen molar-refractivity contribution in [3.05, 3.63) is 52.2 Å². The van der Waals surface area contributed by atoms with E-state index in [-0.39, 0.29) is 24.1 Å². The summed E-state index contributed by atoms with van der Waals surface area (Å²) in [5.41, 5.74) is 1.83. The van der Waals surface area contributed by atoms with Crippen molar-refractivity contribution < 1.29 is 13.9 Å². The van der Waals surface area contributed by atoms with Crippen molar-refractivity contribution in [2.45, 2.75) is 18.9 Å². The number of amides is 1. The molecule has 0 bridgehead atoms. The molecule has 1 aliphatic heterocycles. The molecule has 0 saturated carbocycles. The normalized spacial score (nSPS) is 16.4. The molecule has 128 valence electrons. The Balaban J connectivity index is 1.44. The van der Waals surface area contributed by atoms with Crippen LogP contribution in [0.15, 0.2) is 36.0 Å². The largest absolute Gasteiger partial charge is 0.372 e. The van der Waals surface area contributed by atoms with Gasteiger partial charge in [0.25, 0.3) is 0 Å². The summed E-state index contributed by atoms with van der Waals surface area (Å²) in [5, 5.41) is 15.3. The number of rotatable bonds is 4. The molecule has 2 aromatic heterocycles. The Labute approximate surface area is 146 Å². The van der Waals surface area contributed by atoms with Crippen LogP contribution < -0.4 is 5.32 Å². The molecule has 1 amide bonds. The van der Waals surface area contributed by atoms with Crippen LogP contribution >= 0.6 is 11.3 Å². The van der Waals surface area contributed by atoms with Crippen LogP contribution in [0.1, 0.15) is 23.0 Å². The maximum Gasteiger partial charge on any atom is 0.227 e. The minimum Gasteiger partial charge on any atom is -0.372 e. The molecule has 7 nitrogen and oxygen atoms in total. The second kappa shape index (κ2) is 6.69. The van der Waals surface area contributed by atoms with Gasteiger partial charge in [-0.25, -0.2) is 4.39 Å². The van der Waals surface area contributed by atoms with E-state index < -0.39 is 5.82 Å². The number of fused-ring (bicyclic) bond motifs is 1. The fourth-order valence-corrected chi connectivity index (χ4v) is 3.80. The summed E-state index contributed by atoms with van der Waals surface area (Å²) < 4.78 is 21.1. The monoisotopic (exact) mass is 359 g/mol. The number of benzene rings is 1. The van der Waals surface area contributed by atoms with Gasteiger partial charge in [-0.15, -0.1) is 16.4 Å². The third-order valence-corrected chi connectivity index (χ3v) is 5.01. The van der Waals surface area contributed by atoms with Crippen LogP contribution in [0.4, 0.5) is 10.1 Å². The van der Waals surface area contributed by atoms with Gasteiger partial charge in [-0.05, 0) is 52.1 Å². The van der Waals surface area contributed by atoms with Gasteiger partial charge in [0.2, 0.25) is 5.91 Å². The van der Waals surface area contributed by atoms with Crippen LogP contribution in [0.2, 0.25) is 0 Å². The minimum atomic E-state index is -0.528. The Morgan fingerprint density at radius 2 is 2.36 bits per heavy atom. The lowest BCUT2D eigenvalue weighted by molar-refractivity contribution is -0.119. The number of ether oxygens (including phenoxy) is 1. The summed E-state index contributed by atoms with van der Waals surface area (Å²) in [7, 11) is 0. The first-order chi connectivity index (χ1) is 12.2. The topological polar surface area (TPSA) is 81.9 Å². The third-order valence-electron chi connectivity index (χ3n) is 3.96. The summed E-state index contributed by atoms with van der Waals surface area (Å²) in [6.45, 7) is 0.608. The molecular formula is C16H14FN5O2S. The lowest BCUT2D eigenvalue weighted by Gasteiger charge is -2.22. The van der Waals surface area contributed by atoms with Crippen LogP contribution in [-0.2, 0) is 16.0 Å². The molecule has 1 aliphatic rings. The van der Waals surface area contributed by atoms with Gasteiger partial charge in [0.1, 0.15) is 18.1 Å². The summed E-state index contributed by atoms with van der Waals surface area (Å²) in [5.74, 6) is -0.750. The van der Waals surface area contributed by atoms with Crippen molar-refractivity contribution in [3.8, 4) is 5.69 Å². The van der Waals surface area contributed by atoms with Crippen LogP contribution in [0.25, 0.3) is 5.69 Å². The van der Waals surface area contributed by atoms with Crippen molar-refractivity contribution in [1.82, 2.24) is 20.2 Å². The van der Waals surface area contributed by atoms with Gasteiger partial charge in [0.15, 0.2) is 5.82 Å². The second-order valence-corrected chi connectivity index (χ2v) is 6.54. The lowest BCUT2D eigenvalue weighted by atomic mass is 10.1. The third kappa shape index (κ3) is 3.28. The molecule has 1 N–H and O–H groups in total. The number of thiophene rings is 1. The maximum atomic E-state index is 14.2. The van der Waals surface area contributed by atoms with Crippen molar-refractivity contribution in [1.29, 1.82) is 0 Å². The molecule has 0 radical (unpaired) electrons. The van der Waals surface area contributed by atoms with Crippen molar-refractivity contribution >= 4 is 22.9 Å². The van der Waals surface area contributed by atoms with E-state index in [1.807, 2.05) is 5.38 Å². The van der Waals surface area contributed by atoms with Gasteiger partial charge in [-0.1, -0.05) is 0 Å². The number of halogens is 1. The number of aromatic nitrogens is 4. The zero-order valence-electron chi connectivity index (χ0n) is 13.1. The maximum absolute atomic E-state index is 14.2. The number of tetrazole rings is 1. The molecule has 25 heavy (non-hydrogen) atoms. The second-order valence-electron chi connectivity index (χ2n) is 5.59. The molecule has 3 aromatic rings. The quantitative estimate of drug-likeness (QED) is 0.774. The summed E-state index contributed by atoms with van der Waals surface area (Å²) >= 11 is 1.60. The molecule has 4 rings (SSSR count). The number of anilines is 1. The van der Waals surface area contributed by atoms with E-state index in [4.69, 9.17) is 4.74 Å². The Morgan fingerprint density at radius 3 is 3.16 bits per heavy atom. The Bertz CT molecular complexity index is 896. The van der Waals surface area contributed by atoms with E-state index in [0.717, 1.165) is 11.3 Å². The molecule has 1 unspecified atom stereocenters. The van der Waals surface area contributed by atoms with E-state index >= 15 is 0 Å². The van der Waals surface area contributed by atoms with Gasteiger partial charge in [0, 0.05) is 10.6 Å². The van der Waals surface area contributed by atoms with Gasteiger partial charge in [0.05, 0.1) is 13.0 Å². The first kappa shape index (κ1) is 15.9. The highest BCUT2D eigenvalue weighted by Gasteiger charge is 2.24. The van der Waals surface area contributed by atoms with E-state index in [1.54, 1.807) is 17.4 Å². The van der Waals surface area contributed by atoms with Crippen molar-refractivity contribution in [2.24, 2.45) is 0 Å². The Hall–Kier alpha value is -2.65. The summed E-state index contributed by atoms with van der Waals surface area (Å²) in [4.78, 5) is 13.4. The smallest absolute Gasteiger partial charge is 0.227 e. The fraction of sp³-hybridized carbons (Fsp3) is 0.250. The number of hydrogen-bond acceptors (Lipinski definition) is 6. The van der Waals surface area contributed by atoms with E-state index in [2.05, 4.69) is 26.9 Å². The predicted octanol–water partition coefficient (Wildman–Crippen LogP) is 2.51. The summed E-state index contributed by atoms with van der Waals surface area (Å²) in [6.07, 6.45) is 2.13. The average Bonchev–Trinajstić information content (AvgIpc) is 3.27. The molecule has 9 heteroatoms. The molecule has 0 saturated heterocycles. The highest BCUT2D eigenvalue weighted by atomic mass is 32.1. The number of carbonyl (C=O) groups excluding carboxylic acids is 1. The fourth-order valence-electron chi connectivity index (χ4n) is 2.80. The van der Waals surface area contributed by atoms with Crippen LogP contribution in [0.3, 0.4) is 0 Å². The van der Waals surface area contributed by atoms with Crippen LogP contribution in [0.5, 0.6) is 0 Å². The van der Waals surface area contributed by atoms with Gasteiger partial charge in [-0.3, -0.25) is 4.79 Å². The summed E-state index contributed by atoms with van der Waals surface area (Å²) in [6, 6.07) is 6.43. The predicted molar refractivity (Wildman–Crippen MR) is 89.1 cm³/mol. The standard InChI is InChI=1S/C16H14FN5O2S/c17-12-7-11(1-2-13(12)22-9-18-20-21-22)19-15(23)8-14-16-10(3-5-24-14)4-6-25-16/h1-2,4,6-7,9,14H,3,5,8H2,(H,19,23). The molecule has 0 spiro atoms. The number of carbonyl (C=O) groups is 1. The highest BCUT2D eigenvalue weighted by molar-refractivity contribution is 7.10. The average molecular weight is 359 g/mol. The van der Waals surface area contributed by atoms with Crippen molar-refractivity contribution in [3.63, 3.8) is 0 Å².